The highest BCUT2D eigenvalue weighted by Crippen LogP contribution is 2.24. The molecule has 1 atom stereocenters. The van der Waals surface area contributed by atoms with Gasteiger partial charge in [0.05, 0.1) is 6.54 Å². The van der Waals surface area contributed by atoms with Crippen molar-refractivity contribution in [3.63, 3.8) is 0 Å². The minimum atomic E-state index is 0.605. The van der Waals surface area contributed by atoms with Gasteiger partial charge in [-0.2, -0.15) is 0 Å². The van der Waals surface area contributed by atoms with E-state index >= 15 is 0 Å². The van der Waals surface area contributed by atoms with Gasteiger partial charge >= 0.3 is 0 Å². The fourth-order valence-electron chi connectivity index (χ4n) is 1.62. The standard InChI is InChI=1S/C12H15BrN2S/c1-15(9-10-5-3-2-4-6-10)12-14-8-11(7-13)16-12/h2-6,11H,7-9H2,1H3. The van der Waals surface area contributed by atoms with Crippen molar-refractivity contribution in [3.05, 3.63) is 35.9 Å². The molecule has 1 heterocycles. The maximum Gasteiger partial charge on any atom is 0.159 e. The molecule has 86 valence electrons. The van der Waals surface area contributed by atoms with Gasteiger partial charge in [0.25, 0.3) is 0 Å². The molecular formula is C12H15BrN2S. The van der Waals surface area contributed by atoms with Crippen LogP contribution in [0.15, 0.2) is 35.3 Å². The van der Waals surface area contributed by atoms with Crippen LogP contribution in [0.3, 0.4) is 0 Å². The molecule has 0 fully saturated rings. The van der Waals surface area contributed by atoms with Crippen LogP contribution in [0.25, 0.3) is 0 Å². The second kappa shape index (κ2) is 5.73. The molecule has 0 saturated carbocycles. The van der Waals surface area contributed by atoms with Crippen molar-refractivity contribution in [3.8, 4) is 0 Å². The third-order valence-electron chi connectivity index (χ3n) is 2.46. The topological polar surface area (TPSA) is 15.6 Å². The Morgan fingerprint density at radius 1 is 1.44 bits per heavy atom. The summed E-state index contributed by atoms with van der Waals surface area (Å²) >= 11 is 5.37. The van der Waals surface area contributed by atoms with E-state index < -0.39 is 0 Å². The van der Waals surface area contributed by atoms with Gasteiger partial charge in [-0.15, -0.1) is 0 Å². The quantitative estimate of drug-likeness (QED) is 0.797. The summed E-state index contributed by atoms with van der Waals surface area (Å²) in [7, 11) is 2.11. The molecule has 0 bridgehead atoms. The molecule has 1 aliphatic heterocycles. The molecule has 1 aliphatic rings. The summed E-state index contributed by atoms with van der Waals surface area (Å²) in [4.78, 5) is 6.78. The number of hydrogen-bond donors (Lipinski definition) is 0. The lowest BCUT2D eigenvalue weighted by Crippen LogP contribution is -2.22. The van der Waals surface area contributed by atoms with Gasteiger partial charge in [0, 0.05) is 24.2 Å². The van der Waals surface area contributed by atoms with Crippen LogP contribution in [-0.4, -0.2) is 34.2 Å². The Kier molecular flexibility index (Phi) is 4.29. The first-order chi connectivity index (χ1) is 7.79. The first-order valence-corrected chi connectivity index (χ1v) is 7.32. The highest BCUT2D eigenvalue weighted by Gasteiger charge is 2.20. The van der Waals surface area contributed by atoms with Crippen molar-refractivity contribution < 1.29 is 0 Å². The van der Waals surface area contributed by atoms with Gasteiger partial charge in [-0.3, -0.25) is 4.99 Å². The van der Waals surface area contributed by atoms with Gasteiger partial charge < -0.3 is 4.90 Å². The summed E-state index contributed by atoms with van der Waals surface area (Å²) in [6.07, 6.45) is 0. The minimum absolute atomic E-state index is 0.605. The maximum absolute atomic E-state index is 4.56. The predicted molar refractivity (Wildman–Crippen MR) is 75.4 cm³/mol. The molecule has 2 nitrogen and oxygen atoms in total. The number of thioether (sulfide) groups is 1. The van der Waals surface area contributed by atoms with Gasteiger partial charge in [0.2, 0.25) is 0 Å². The summed E-state index contributed by atoms with van der Waals surface area (Å²) in [6, 6.07) is 10.5. The highest BCUT2D eigenvalue weighted by molar-refractivity contribution is 9.09. The Balaban J connectivity index is 1.92. The van der Waals surface area contributed by atoms with Crippen molar-refractivity contribution in [2.75, 3.05) is 18.9 Å². The van der Waals surface area contributed by atoms with Crippen molar-refractivity contribution >= 4 is 32.9 Å². The molecule has 4 heteroatoms. The molecule has 2 rings (SSSR count). The van der Waals surface area contributed by atoms with Gasteiger partial charge in [-0.05, 0) is 5.56 Å². The van der Waals surface area contributed by atoms with Gasteiger partial charge in [-0.25, -0.2) is 0 Å². The van der Waals surface area contributed by atoms with E-state index in [-0.39, 0.29) is 0 Å². The summed E-state index contributed by atoms with van der Waals surface area (Å²) in [5, 5.41) is 2.78. The van der Waals surface area contributed by atoms with Gasteiger partial charge in [-0.1, -0.05) is 58.0 Å². The second-order valence-corrected chi connectivity index (χ2v) is 5.77. The lowest BCUT2D eigenvalue weighted by atomic mass is 10.2. The Morgan fingerprint density at radius 3 is 2.81 bits per heavy atom. The van der Waals surface area contributed by atoms with Gasteiger partial charge in [0.1, 0.15) is 0 Å². The molecule has 0 radical (unpaired) electrons. The van der Waals surface area contributed by atoms with Crippen LogP contribution in [0, 0.1) is 0 Å². The Morgan fingerprint density at radius 2 is 2.19 bits per heavy atom. The number of benzene rings is 1. The molecule has 0 aromatic heterocycles. The predicted octanol–water partition coefficient (Wildman–Crippen LogP) is 2.98. The largest absolute Gasteiger partial charge is 0.350 e. The van der Waals surface area contributed by atoms with Crippen LogP contribution in [-0.2, 0) is 6.54 Å². The van der Waals surface area contributed by atoms with Crippen molar-refractivity contribution in [1.82, 2.24) is 4.90 Å². The van der Waals surface area contributed by atoms with E-state index in [1.807, 2.05) is 17.8 Å². The van der Waals surface area contributed by atoms with Crippen LogP contribution >= 0.6 is 27.7 Å². The second-order valence-electron chi connectivity index (χ2n) is 3.86. The molecule has 16 heavy (non-hydrogen) atoms. The lowest BCUT2D eigenvalue weighted by Gasteiger charge is -2.18. The molecule has 0 saturated heterocycles. The number of nitrogens with zero attached hydrogens (tertiary/aromatic N) is 2. The van der Waals surface area contributed by atoms with E-state index in [1.54, 1.807) is 0 Å². The average molecular weight is 299 g/mol. The zero-order chi connectivity index (χ0) is 11.4. The fraction of sp³-hybridized carbons (Fsp3) is 0.417. The van der Waals surface area contributed by atoms with Crippen LogP contribution in [0.4, 0.5) is 0 Å². The summed E-state index contributed by atoms with van der Waals surface area (Å²) in [5.74, 6) is 0. The highest BCUT2D eigenvalue weighted by atomic mass is 79.9. The smallest absolute Gasteiger partial charge is 0.159 e. The normalized spacial score (nSPS) is 19.6. The van der Waals surface area contributed by atoms with Crippen molar-refractivity contribution in [1.29, 1.82) is 0 Å². The Hall–Kier alpha value is -0.480. The molecular weight excluding hydrogens is 284 g/mol. The summed E-state index contributed by atoms with van der Waals surface area (Å²) in [6.45, 7) is 1.87. The van der Waals surface area contributed by atoms with Crippen LogP contribution in [0.5, 0.6) is 0 Å². The fourth-order valence-corrected chi connectivity index (χ4v) is 3.12. The third kappa shape index (κ3) is 3.01. The molecule has 1 aromatic carbocycles. The number of alkyl halides is 1. The maximum atomic E-state index is 4.56. The SMILES string of the molecule is CN(Cc1ccccc1)C1=NCC(CBr)S1. The van der Waals surface area contributed by atoms with E-state index in [1.165, 1.54) is 5.56 Å². The monoisotopic (exact) mass is 298 g/mol. The molecule has 0 amide bonds. The molecule has 1 aromatic rings. The third-order valence-corrected chi connectivity index (χ3v) is 4.97. The zero-order valence-electron chi connectivity index (χ0n) is 9.27. The molecule has 0 N–H and O–H groups in total. The van der Waals surface area contributed by atoms with E-state index in [2.05, 4.69) is 57.1 Å². The summed E-state index contributed by atoms with van der Waals surface area (Å²) in [5.41, 5.74) is 1.33. The number of rotatable bonds is 3. The molecule has 0 spiro atoms. The lowest BCUT2D eigenvalue weighted by molar-refractivity contribution is 0.510. The first-order valence-electron chi connectivity index (χ1n) is 5.31. The number of hydrogen-bond acceptors (Lipinski definition) is 3. The van der Waals surface area contributed by atoms with Crippen LogP contribution in [0.1, 0.15) is 5.56 Å². The van der Waals surface area contributed by atoms with Crippen LogP contribution < -0.4 is 0 Å². The minimum Gasteiger partial charge on any atom is -0.350 e. The molecule has 0 aliphatic carbocycles. The van der Waals surface area contributed by atoms with E-state index in [0.717, 1.165) is 23.6 Å². The van der Waals surface area contributed by atoms with E-state index in [0.29, 0.717) is 5.25 Å². The van der Waals surface area contributed by atoms with Crippen molar-refractivity contribution in [2.24, 2.45) is 4.99 Å². The zero-order valence-corrected chi connectivity index (χ0v) is 11.7. The summed E-state index contributed by atoms with van der Waals surface area (Å²) < 4.78 is 0. The average Bonchev–Trinajstić information content (AvgIpc) is 2.79. The number of amidine groups is 1. The Bertz CT molecular complexity index is 367. The van der Waals surface area contributed by atoms with E-state index in [4.69, 9.17) is 0 Å². The first kappa shape index (κ1) is 12.0. The van der Waals surface area contributed by atoms with E-state index in [9.17, 15) is 0 Å². The van der Waals surface area contributed by atoms with Crippen molar-refractivity contribution in [2.45, 2.75) is 11.8 Å². The number of aliphatic imine (C=N–C) groups is 1. The Labute approximate surface area is 109 Å². The molecule has 1 unspecified atom stereocenters. The van der Waals surface area contributed by atoms with Crippen LogP contribution in [0.2, 0.25) is 0 Å². The van der Waals surface area contributed by atoms with Gasteiger partial charge in [0.15, 0.2) is 5.17 Å². The number of halogens is 1.